The van der Waals surface area contributed by atoms with Crippen LogP contribution in [0.4, 0.5) is 0 Å². The zero-order valence-corrected chi connectivity index (χ0v) is 16.1. The molecule has 0 saturated carbocycles. The number of hydrogen-bond acceptors (Lipinski definition) is 7. The average molecular weight is 375 g/mol. The van der Waals surface area contributed by atoms with Gasteiger partial charge in [-0.15, -0.1) is 0 Å². The summed E-state index contributed by atoms with van der Waals surface area (Å²) in [6.07, 6.45) is 1.52. The van der Waals surface area contributed by atoms with Crippen molar-refractivity contribution in [2.24, 2.45) is 0 Å². The standard InChI is InChI=1S/C14H30O7S2/c1-13(2)20-22(15,16)11-7-5-9-19-10-6-8-12-23(17,18)21-14(3)4/h13-14H,5-12H2,1-4H3. The molecular formula is C14H30O7S2. The van der Waals surface area contributed by atoms with Gasteiger partial charge >= 0.3 is 0 Å². The van der Waals surface area contributed by atoms with E-state index in [1.807, 2.05) is 0 Å². The highest BCUT2D eigenvalue weighted by atomic mass is 32.2. The van der Waals surface area contributed by atoms with E-state index in [1.165, 1.54) is 0 Å². The predicted octanol–water partition coefficient (Wildman–Crippen LogP) is 2.07. The Hall–Kier alpha value is -0.220. The van der Waals surface area contributed by atoms with Crippen LogP contribution in [-0.2, 0) is 33.3 Å². The average Bonchev–Trinajstić information content (AvgIpc) is 2.33. The molecule has 0 aromatic rings. The van der Waals surface area contributed by atoms with Crippen LogP contribution in [0.15, 0.2) is 0 Å². The maximum atomic E-state index is 11.5. The maximum absolute atomic E-state index is 11.5. The van der Waals surface area contributed by atoms with Crippen molar-refractivity contribution in [3.05, 3.63) is 0 Å². The van der Waals surface area contributed by atoms with Crippen molar-refractivity contribution >= 4 is 20.2 Å². The van der Waals surface area contributed by atoms with E-state index in [2.05, 4.69) is 0 Å². The van der Waals surface area contributed by atoms with E-state index >= 15 is 0 Å². The summed E-state index contributed by atoms with van der Waals surface area (Å²) in [5, 5.41) is 0. The minimum Gasteiger partial charge on any atom is -0.381 e. The topological polar surface area (TPSA) is 96.0 Å². The van der Waals surface area contributed by atoms with Crippen molar-refractivity contribution in [2.75, 3.05) is 24.7 Å². The van der Waals surface area contributed by atoms with Crippen molar-refractivity contribution < 1.29 is 29.9 Å². The second kappa shape index (κ2) is 11.4. The van der Waals surface area contributed by atoms with Crippen LogP contribution in [0.25, 0.3) is 0 Å². The second-order valence-corrected chi connectivity index (χ2v) is 9.27. The molecule has 140 valence electrons. The third kappa shape index (κ3) is 15.1. The van der Waals surface area contributed by atoms with Gasteiger partial charge in [0.2, 0.25) is 0 Å². The Balaban J connectivity index is 3.58. The highest BCUT2D eigenvalue weighted by molar-refractivity contribution is 7.86. The van der Waals surface area contributed by atoms with E-state index in [-0.39, 0.29) is 23.7 Å². The Labute approximate surface area is 140 Å². The molecule has 0 radical (unpaired) electrons. The summed E-state index contributed by atoms with van der Waals surface area (Å²) in [4.78, 5) is 0. The Morgan fingerprint density at radius 3 is 1.30 bits per heavy atom. The lowest BCUT2D eigenvalue weighted by atomic mass is 10.3. The molecule has 0 atom stereocenters. The number of rotatable bonds is 14. The van der Waals surface area contributed by atoms with Gasteiger partial charge in [-0.1, -0.05) is 0 Å². The van der Waals surface area contributed by atoms with E-state index in [4.69, 9.17) is 13.1 Å². The first-order valence-electron chi connectivity index (χ1n) is 7.94. The van der Waals surface area contributed by atoms with Gasteiger partial charge in [-0.2, -0.15) is 16.8 Å². The van der Waals surface area contributed by atoms with Gasteiger partial charge in [-0.05, 0) is 53.4 Å². The first kappa shape index (κ1) is 22.8. The van der Waals surface area contributed by atoms with Crippen LogP contribution < -0.4 is 0 Å². The molecule has 0 aromatic heterocycles. The molecule has 0 heterocycles. The van der Waals surface area contributed by atoms with Gasteiger partial charge in [0.05, 0.1) is 23.7 Å². The summed E-state index contributed by atoms with van der Waals surface area (Å²) in [5.74, 6) is -0.0291. The highest BCUT2D eigenvalue weighted by Gasteiger charge is 2.13. The van der Waals surface area contributed by atoms with Gasteiger partial charge < -0.3 is 4.74 Å². The monoisotopic (exact) mass is 374 g/mol. The van der Waals surface area contributed by atoms with E-state index in [9.17, 15) is 16.8 Å². The molecule has 7 nitrogen and oxygen atoms in total. The summed E-state index contributed by atoms with van der Waals surface area (Å²) in [6, 6.07) is 0. The molecule has 0 spiro atoms. The number of hydrogen-bond donors (Lipinski definition) is 0. The van der Waals surface area contributed by atoms with Gasteiger partial charge in [0.15, 0.2) is 0 Å². The van der Waals surface area contributed by atoms with Crippen molar-refractivity contribution in [1.82, 2.24) is 0 Å². The Morgan fingerprint density at radius 2 is 1.00 bits per heavy atom. The molecular weight excluding hydrogens is 344 g/mol. The van der Waals surface area contributed by atoms with Gasteiger partial charge in [-0.25, -0.2) is 0 Å². The summed E-state index contributed by atoms with van der Waals surface area (Å²) >= 11 is 0. The second-order valence-electron chi connectivity index (χ2n) is 5.84. The van der Waals surface area contributed by atoms with E-state index in [1.54, 1.807) is 27.7 Å². The molecule has 0 saturated heterocycles. The lowest BCUT2D eigenvalue weighted by Crippen LogP contribution is -2.16. The van der Waals surface area contributed by atoms with Crippen LogP contribution >= 0.6 is 0 Å². The van der Waals surface area contributed by atoms with Crippen LogP contribution in [0.5, 0.6) is 0 Å². The fourth-order valence-corrected chi connectivity index (χ4v) is 4.23. The fourth-order valence-electron chi connectivity index (χ4n) is 1.75. The van der Waals surface area contributed by atoms with Gasteiger partial charge in [-0.3, -0.25) is 8.37 Å². The molecule has 0 aliphatic rings. The van der Waals surface area contributed by atoms with Gasteiger partial charge in [0.1, 0.15) is 0 Å². The van der Waals surface area contributed by atoms with Crippen molar-refractivity contribution in [3.63, 3.8) is 0 Å². The molecule has 9 heteroatoms. The normalized spacial score (nSPS) is 13.1. The largest absolute Gasteiger partial charge is 0.381 e. The molecule has 0 aromatic carbocycles. The molecule has 0 amide bonds. The van der Waals surface area contributed by atoms with Crippen molar-refractivity contribution in [1.29, 1.82) is 0 Å². The van der Waals surface area contributed by atoms with Crippen LogP contribution in [-0.4, -0.2) is 53.8 Å². The van der Waals surface area contributed by atoms with Crippen LogP contribution in [0.1, 0.15) is 53.4 Å². The Kier molecular flexibility index (Phi) is 11.2. The fraction of sp³-hybridized carbons (Fsp3) is 1.00. The molecule has 0 aliphatic carbocycles. The van der Waals surface area contributed by atoms with E-state index in [0.717, 1.165) is 0 Å². The summed E-state index contributed by atoms with van der Waals surface area (Å²) in [7, 11) is -6.89. The molecule has 0 N–H and O–H groups in total. The van der Waals surface area contributed by atoms with E-state index < -0.39 is 20.2 Å². The van der Waals surface area contributed by atoms with Crippen LogP contribution in [0.2, 0.25) is 0 Å². The minimum atomic E-state index is -3.44. The highest BCUT2D eigenvalue weighted by Crippen LogP contribution is 2.05. The number of unbranched alkanes of at least 4 members (excludes halogenated alkanes) is 2. The van der Waals surface area contributed by atoms with Crippen molar-refractivity contribution in [2.45, 2.75) is 65.6 Å². The van der Waals surface area contributed by atoms with Gasteiger partial charge in [0.25, 0.3) is 20.2 Å². The van der Waals surface area contributed by atoms with Gasteiger partial charge in [0, 0.05) is 13.2 Å². The van der Waals surface area contributed by atoms with Crippen LogP contribution in [0.3, 0.4) is 0 Å². The quantitative estimate of drug-likeness (QED) is 0.339. The SMILES string of the molecule is CC(C)OS(=O)(=O)CCCCOCCCCS(=O)(=O)OC(C)C. The molecule has 0 unspecified atom stereocenters. The Bertz CT molecular complexity index is 449. The first-order valence-corrected chi connectivity index (χ1v) is 11.1. The molecule has 0 aliphatic heterocycles. The zero-order valence-electron chi connectivity index (χ0n) is 14.5. The third-order valence-electron chi connectivity index (χ3n) is 2.54. The van der Waals surface area contributed by atoms with Crippen molar-refractivity contribution in [3.8, 4) is 0 Å². The lowest BCUT2D eigenvalue weighted by Gasteiger charge is -2.09. The predicted molar refractivity (Wildman–Crippen MR) is 89.3 cm³/mol. The summed E-state index contributed by atoms with van der Waals surface area (Å²) in [6.45, 7) is 7.60. The summed E-state index contributed by atoms with van der Waals surface area (Å²) in [5.41, 5.74) is 0. The Morgan fingerprint density at radius 1 is 0.652 bits per heavy atom. The summed E-state index contributed by atoms with van der Waals surface area (Å²) < 4.78 is 60.8. The maximum Gasteiger partial charge on any atom is 0.267 e. The van der Waals surface area contributed by atoms with Crippen LogP contribution in [0, 0.1) is 0 Å². The molecule has 0 bridgehead atoms. The smallest absolute Gasteiger partial charge is 0.267 e. The molecule has 0 rings (SSSR count). The number of ether oxygens (including phenoxy) is 1. The molecule has 23 heavy (non-hydrogen) atoms. The first-order chi connectivity index (χ1) is 10.5. The van der Waals surface area contributed by atoms with E-state index in [0.29, 0.717) is 38.9 Å². The molecule has 0 fully saturated rings. The third-order valence-corrected chi connectivity index (χ3v) is 5.48. The lowest BCUT2D eigenvalue weighted by molar-refractivity contribution is 0.128. The zero-order chi connectivity index (χ0) is 17.9. The minimum absolute atomic E-state index is 0.0146.